The van der Waals surface area contributed by atoms with E-state index in [1.165, 1.54) is 12.1 Å². The van der Waals surface area contributed by atoms with Gasteiger partial charge in [0, 0.05) is 0 Å². The van der Waals surface area contributed by atoms with Crippen molar-refractivity contribution in [3.63, 3.8) is 0 Å². The Morgan fingerprint density at radius 2 is 1.77 bits per heavy atom. The summed E-state index contributed by atoms with van der Waals surface area (Å²) in [7, 11) is 0. The molecule has 26 heavy (non-hydrogen) atoms. The maximum absolute atomic E-state index is 12.9. The van der Waals surface area contributed by atoms with E-state index >= 15 is 0 Å². The van der Waals surface area contributed by atoms with Crippen LogP contribution in [-0.2, 0) is 11.0 Å². The molecule has 3 nitrogen and oxygen atoms in total. The van der Waals surface area contributed by atoms with Gasteiger partial charge in [0.15, 0.2) is 0 Å². The minimum atomic E-state index is -4.48. The molecule has 1 aliphatic rings. The number of hydrogen-bond donors (Lipinski definition) is 0. The van der Waals surface area contributed by atoms with E-state index in [0.29, 0.717) is 11.3 Å². The van der Waals surface area contributed by atoms with Gasteiger partial charge >= 0.3 is 6.18 Å². The summed E-state index contributed by atoms with van der Waals surface area (Å²) >= 11 is 0. The van der Waals surface area contributed by atoms with Crippen molar-refractivity contribution < 1.29 is 18.0 Å². The number of hydrogen-bond acceptors (Lipinski definition) is 2. The van der Waals surface area contributed by atoms with Crippen molar-refractivity contribution in [3.8, 4) is 0 Å². The molecule has 0 aliphatic carbocycles. The molecular weight excluding hydrogens is 341 g/mol. The number of alkyl halides is 3. The van der Waals surface area contributed by atoms with Crippen molar-refractivity contribution in [3.05, 3.63) is 83.4 Å². The van der Waals surface area contributed by atoms with Gasteiger partial charge in [-0.25, -0.2) is 0 Å². The zero-order valence-corrected chi connectivity index (χ0v) is 13.9. The van der Waals surface area contributed by atoms with Gasteiger partial charge in [-0.3, -0.25) is 4.79 Å². The second-order valence-corrected chi connectivity index (χ2v) is 5.70. The molecule has 0 bridgehead atoms. The van der Waals surface area contributed by atoms with Crippen LogP contribution >= 0.6 is 0 Å². The lowest BCUT2D eigenvalue weighted by molar-refractivity contribution is -0.137. The normalized spacial score (nSPS) is 16.6. The second-order valence-electron chi connectivity index (χ2n) is 5.70. The zero-order valence-electron chi connectivity index (χ0n) is 13.9. The third-order valence-corrected chi connectivity index (χ3v) is 3.83. The first-order valence-corrected chi connectivity index (χ1v) is 7.87. The smallest absolute Gasteiger partial charge is 0.267 e. The molecule has 2 aromatic rings. The molecule has 0 aromatic heterocycles. The Kier molecular flexibility index (Phi) is 4.75. The highest BCUT2D eigenvalue weighted by atomic mass is 19.4. The van der Waals surface area contributed by atoms with E-state index < -0.39 is 17.6 Å². The SMILES string of the molecule is CC1=NN(c2cccc(C(F)(F)F)c2)C(=O)/C1=C\C=C\c1ccccc1. The average molecular weight is 356 g/mol. The van der Waals surface area contributed by atoms with Gasteiger partial charge in [0.05, 0.1) is 22.5 Å². The largest absolute Gasteiger partial charge is 0.416 e. The number of nitrogens with zero attached hydrogens (tertiary/aromatic N) is 2. The van der Waals surface area contributed by atoms with Crippen LogP contribution in [0.5, 0.6) is 0 Å². The van der Waals surface area contributed by atoms with Gasteiger partial charge in [0.1, 0.15) is 0 Å². The van der Waals surface area contributed by atoms with Crippen molar-refractivity contribution in [1.29, 1.82) is 0 Å². The van der Waals surface area contributed by atoms with Crippen molar-refractivity contribution in [2.75, 3.05) is 5.01 Å². The molecule has 132 valence electrons. The molecular formula is C20H15F3N2O. The predicted octanol–water partition coefficient (Wildman–Crippen LogP) is 5.07. The first-order valence-electron chi connectivity index (χ1n) is 7.87. The molecule has 0 radical (unpaired) electrons. The van der Waals surface area contributed by atoms with Gasteiger partial charge < -0.3 is 0 Å². The summed E-state index contributed by atoms with van der Waals surface area (Å²) in [5, 5.41) is 5.09. The van der Waals surface area contributed by atoms with Crippen LogP contribution in [0.4, 0.5) is 18.9 Å². The molecule has 3 rings (SSSR count). The summed E-state index contributed by atoms with van der Waals surface area (Å²) in [6, 6.07) is 14.1. The highest BCUT2D eigenvalue weighted by molar-refractivity contribution is 6.29. The lowest BCUT2D eigenvalue weighted by Gasteiger charge is -2.14. The average Bonchev–Trinajstić information content (AvgIpc) is 2.90. The lowest BCUT2D eigenvalue weighted by atomic mass is 10.1. The van der Waals surface area contributed by atoms with Crippen LogP contribution < -0.4 is 5.01 Å². The molecule has 0 unspecified atom stereocenters. The number of benzene rings is 2. The van der Waals surface area contributed by atoms with Crippen LogP contribution in [0.2, 0.25) is 0 Å². The van der Waals surface area contributed by atoms with Gasteiger partial charge in [-0.15, -0.1) is 0 Å². The second kappa shape index (κ2) is 7.00. The highest BCUT2D eigenvalue weighted by Gasteiger charge is 2.33. The third-order valence-electron chi connectivity index (χ3n) is 3.83. The maximum Gasteiger partial charge on any atom is 0.416 e. The third kappa shape index (κ3) is 3.74. The highest BCUT2D eigenvalue weighted by Crippen LogP contribution is 2.33. The van der Waals surface area contributed by atoms with Crippen LogP contribution in [0.25, 0.3) is 6.08 Å². The fourth-order valence-corrected chi connectivity index (χ4v) is 2.52. The van der Waals surface area contributed by atoms with E-state index in [4.69, 9.17) is 0 Å². The van der Waals surface area contributed by atoms with Crippen LogP contribution in [0.1, 0.15) is 18.1 Å². The number of hydrazone groups is 1. The van der Waals surface area contributed by atoms with E-state index in [1.807, 2.05) is 36.4 Å². The van der Waals surface area contributed by atoms with E-state index in [1.54, 1.807) is 19.1 Å². The number of allylic oxidation sites excluding steroid dienone is 2. The number of anilines is 1. The maximum atomic E-state index is 12.9. The zero-order chi connectivity index (χ0) is 18.7. The van der Waals surface area contributed by atoms with Gasteiger partial charge in [-0.1, -0.05) is 48.6 Å². The first-order chi connectivity index (χ1) is 12.4. The molecule has 6 heteroatoms. The number of halogens is 3. The summed E-state index contributed by atoms with van der Waals surface area (Å²) in [5.74, 6) is -0.459. The number of carbonyl (C=O) groups excluding carboxylic acids is 1. The molecule has 0 fully saturated rings. The Morgan fingerprint density at radius 3 is 2.46 bits per heavy atom. The lowest BCUT2D eigenvalue weighted by Crippen LogP contribution is -2.21. The van der Waals surface area contributed by atoms with Crippen LogP contribution in [-0.4, -0.2) is 11.6 Å². The van der Waals surface area contributed by atoms with Crippen molar-refractivity contribution in [2.45, 2.75) is 13.1 Å². The van der Waals surface area contributed by atoms with E-state index in [-0.39, 0.29) is 5.69 Å². The summed E-state index contributed by atoms with van der Waals surface area (Å²) < 4.78 is 38.6. The molecule has 0 saturated carbocycles. The fraction of sp³-hybridized carbons (Fsp3) is 0.100. The molecule has 1 aliphatic heterocycles. The van der Waals surface area contributed by atoms with Crippen molar-refractivity contribution in [2.24, 2.45) is 5.10 Å². The summed E-state index contributed by atoms with van der Waals surface area (Å²) in [6.45, 7) is 1.65. The van der Waals surface area contributed by atoms with Gasteiger partial charge in [0.2, 0.25) is 0 Å². The minimum Gasteiger partial charge on any atom is -0.267 e. The molecule has 0 N–H and O–H groups in total. The Bertz CT molecular complexity index is 912. The van der Waals surface area contributed by atoms with Crippen molar-refractivity contribution >= 4 is 23.4 Å². The van der Waals surface area contributed by atoms with Gasteiger partial charge in [-0.2, -0.15) is 23.3 Å². The summed E-state index contributed by atoms with van der Waals surface area (Å²) in [6.07, 6.45) is 0.689. The molecule has 1 amide bonds. The Balaban J connectivity index is 1.84. The van der Waals surface area contributed by atoms with E-state index in [9.17, 15) is 18.0 Å². The molecule has 0 saturated heterocycles. The van der Waals surface area contributed by atoms with Crippen LogP contribution in [0.3, 0.4) is 0 Å². The van der Waals surface area contributed by atoms with Crippen LogP contribution in [0, 0.1) is 0 Å². The van der Waals surface area contributed by atoms with E-state index in [0.717, 1.165) is 22.7 Å². The predicted molar refractivity (Wildman–Crippen MR) is 95.6 cm³/mol. The number of carbonyl (C=O) groups is 1. The Labute approximate surface area is 148 Å². The van der Waals surface area contributed by atoms with Crippen molar-refractivity contribution in [1.82, 2.24) is 0 Å². The monoisotopic (exact) mass is 356 g/mol. The Hall–Kier alpha value is -3.15. The quantitative estimate of drug-likeness (QED) is 0.707. The summed E-state index contributed by atoms with van der Waals surface area (Å²) in [5.41, 5.74) is 1.02. The number of amides is 1. The molecule has 2 aromatic carbocycles. The standard InChI is InChI=1S/C20H15F3N2O/c1-14-18(12-5-9-15-7-3-2-4-8-15)19(26)25(24-14)17-11-6-10-16(13-17)20(21,22)23/h2-13H,1H3/b9-5+,18-12-. The molecule has 0 spiro atoms. The van der Waals surface area contributed by atoms with Gasteiger partial charge in [-0.05, 0) is 36.8 Å². The van der Waals surface area contributed by atoms with Gasteiger partial charge in [0.25, 0.3) is 5.91 Å². The first kappa shape index (κ1) is 17.7. The molecule has 1 heterocycles. The molecule has 0 atom stereocenters. The Morgan fingerprint density at radius 1 is 1.04 bits per heavy atom. The van der Waals surface area contributed by atoms with Crippen LogP contribution in [0.15, 0.2) is 77.4 Å². The van der Waals surface area contributed by atoms with E-state index in [2.05, 4.69) is 5.10 Å². The topological polar surface area (TPSA) is 32.7 Å². The fourth-order valence-electron chi connectivity index (χ4n) is 2.52. The number of rotatable bonds is 3. The minimum absolute atomic E-state index is 0.0830. The summed E-state index contributed by atoms with van der Waals surface area (Å²) in [4.78, 5) is 12.5.